The first-order chi connectivity index (χ1) is 10.9. The minimum Gasteiger partial charge on any atom is -0.353 e. The Labute approximate surface area is 145 Å². The van der Waals surface area contributed by atoms with Gasteiger partial charge in [0.05, 0.1) is 5.75 Å². The Morgan fingerprint density at radius 3 is 2.30 bits per heavy atom. The molecule has 0 unspecified atom stereocenters. The van der Waals surface area contributed by atoms with Crippen LogP contribution in [0.2, 0.25) is 0 Å². The van der Waals surface area contributed by atoms with Gasteiger partial charge in [-0.1, -0.05) is 13.8 Å². The Morgan fingerprint density at radius 1 is 1.13 bits per heavy atom. The summed E-state index contributed by atoms with van der Waals surface area (Å²) in [6.07, 6.45) is 7.02. The van der Waals surface area contributed by atoms with E-state index in [2.05, 4.69) is 19.2 Å². The third-order valence-electron chi connectivity index (χ3n) is 5.35. The van der Waals surface area contributed by atoms with Crippen molar-refractivity contribution in [3.05, 3.63) is 0 Å². The molecule has 2 amide bonds. The van der Waals surface area contributed by atoms with Crippen LogP contribution in [-0.2, 0) is 9.59 Å². The van der Waals surface area contributed by atoms with Gasteiger partial charge in [-0.25, -0.2) is 0 Å². The highest BCUT2D eigenvalue weighted by Gasteiger charge is 2.27. The molecule has 2 aliphatic rings. The summed E-state index contributed by atoms with van der Waals surface area (Å²) < 4.78 is 0. The van der Waals surface area contributed by atoms with Crippen molar-refractivity contribution in [2.45, 2.75) is 65.3 Å². The largest absolute Gasteiger partial charge is 0.353 e. The van der Waals surface area contributed by atoms with Crippen LogP contribution in [0.3, 0.4) is 0 Å². The smallest absolute Gasteiger partial charge is 0.230 e. The van der Waals surface area contributed by atoms with Crippen LogP contribution in [0.25, 0.3) is 0 Å². The molecule has 0 aromatic heterocycles. The van der Waals surface area contributed by atoms with Crippen molar-refractivity contribution in [2.24, 2.45) is 11.3 Å². The molecule has 1 aliphatic carbocycles. The van der Waals surface area contributed by atoms with Gasteiger partial charge in [0.15, 0.2) is 0 Å². The molecule has 132 valence electrons. The standard InChI is InChI=1S/C18H32N2O2S/c1-14(21)20-10-6-16(7-11-20)19-17(22)13-23-12-15-4-8-18(2,3)9-5-15/h15-16H,4-13H2,1-3H3,(H,19,22). The number of carbonyl (C=O) groups excluding carboxylic acids is 2. The monoisotopic (exact) mass is 340 g/mol. The number of nitrogens with zero attached hydrogens (tertiary/aromatic N) is 1. The molecule has 1 heterocycles. The molecule has 2 rings (SSSR count). The van der Waals surface area contributed by atoms with E-state index in [1.54, 1.807) is 18.7 Å². The highest BCUT2D eigenvalue weighted by Crippen LogP contribution is 2.38. The molecule has 2 fully saturated rings. The molecule has 1 N–H and O–H groups in total. The summed E-state index contributed by atoms with van der Waals surface area (Å²) in [7, 11) is 0. The fourth-order valence-corrected chi connectivity index (χ4v) is 4.61. The summed E-state index contributed by atoms with van der Waals surface area (Å²) in [5, 5.41) is 3.13. The van der Waals surface area contributed by atoms with Gasteiger partial charge in [-0.2, -0.15) is 11.8 Å². The lowest BCUT2D eigenvalue weighted by Gasteiger charge is -2.34. The summed E-state index contributed by atoms with van der Waals surface area (Å²) in [6, 6.07) is 0.245. The average Bonchev–Trinajstić information content (AvgIpc) is 2.49. The minimum atomic E-state index is 0.140. The van der Waals surface area contributed by atoms with E-state index in [0.717, 1.165) is 37.6 Å². The second-order valence-electron chi connectivity index (χ2n) is 7.97. The number of hydrogen-bond acceptors (Lipinski definition) is 3. The summed E-state index contributed by atoms with van der Waals surface area (Å²) in [5.74, 6) is 2.78. The van der Waals surface area contributed by atoms with Crippen molar-refractivity contribution >= 4 is 23.6 Å². The zero-order chi connectivity index (χ0) is 16.9. The molecule has 0 bridgehead atoms. The van der Waals surface area contributed by atoms with E-state index >= 15 is 0 Å². The second-order valence-corrected chi connectivity index (χ2v) is 9.00. The molecule has 0 spiro atoms. The van der Waals surface area contributed by atoms with Gasteiger partial charge in [0.2, 0.25) is 11.8 Å². The van der Waals surface area contributed by atoms with Crippen LogP contribution >= 0.6 is 11.8 Å². The Kier molecular flexibility index (Phi) is 6.81. The van der Waals surface area contributed by atoms with E-state index in [-0.39, 0.29) is 17.9 Å². The average molecular weight is 341 g/mol. The lowest BCUT2D eigenvalue weighted by atomic mass is 9.74. The number of piperidine rings is 1. The quantitative estimate of drug-likeness (QED) is 0.837. The third-order valence-corrected chi connectivity index (χ3v) is 6.52. The number of likely N-dealkylation sites (tertiary alicyclic amines) is 1. The van der Waals surface area contributed by atoms with E-state index in [1.165, 1.54) is 25.7 Å². The molecule has 1 saturated heterocycles. The number of rotatable bonds is 5. The van der Waals surface area contributed by atoms with E-state index in [4.69, 9.17) is 0 Å². The predicted molar refractivity (Wildman–Crippen MR) is 96.5 cm³/mol. The first kappa shape index (κ1) is 18.6. The first-order valence-electron chi connectivity index (χ1n) is 8.98. The molecule has 1 saturated carbocycles. The summed E-state index contributed by atoms with van der Waals surface area (Å²) in [4.78, 5) is 25.2. The molecule has 23 heavy (non-hydrogen) atoms. The van der Waals surface area contributed by atoms with Crippen molar-refractivity contribution < 1.29 is 9.59 Å². The number of thioether (sulfide) groups is 1. The molecule has 0 radical (unpaired) electrons. The molecule has 5 heteroatoms. The fourth-order valence-electron chi connectivity index (χ4n) is 3.55. The third kappa shape index (κ3) is 6.36. The highest BCUT2D eigenvalue weighted by atomic mass is 32.2. The van der Waals surface area contributed by atoms with Crippen molar-refractivity contribution in [3.8, 4) is 0 Å². The van der Waals surface area contributed by atoms with E-state index in [1.807, 2.05) is 4.90 Å². The normalized spacial score (nSPS) is 22.8. The molecular formula is C18H32N2O2S. The van der Waals surface area contributed by atoms with E-state index in [9.17, 15) is 9.59 Å². The van der Waals surface area contributed by atoms with Crippen molar-refractivity contribution in [1.82, 2.24) is 10.2 Å². The minimum absolute atomic E-state index is 0.140. The van der Waals surface area contributed by atoms with Gasteiger partial charge in [0.1, 0.15) is 0 Å². The second kappa shape index (κ2) is 8.41. The molecule has 0 aromatic carbocycles. The number of carbonyl (C=O) groups is 2. The Hall–Kier alpha value is -0.710. The summed E-state index contributed by atoms with van der Waals surface area (Å²) in [6.45, 7) is 7.88. The fraction of sp³-hybridized carbons (Fsp3) is 0.889. The Balaban J connectivity index is 1.56. The van der Waals surface area contributed by atoms with Crippen molar-refractivity contribution in [2.75, 3.05) is 24.6 Å². The predicted octanol–water partition coefficient (Wildman–Crippen LogP) is 3.06. The van der Waals surface area contributed by atoms with Gasteiger partial charge in [-0.05, 0) is 55.6 Å². The zero-order valence-electron chi connectivity index (χ0n) is 14.9. The van der Waals surface area contributed by atoms with Gasteiger partial charge in [-0.3, -0.25) is 9.59 Å². The Bertz CT molecular complexity index is 407. The molecule has 1 aliphatic heterocycles. The number of amides is 2. The van der Waals surface area contributed by atoms with E-state index in [0.29, 0.717) is 11.2 Å². The van der Waals surface area contributed by atoms with Crippen LogP contribution in [0.1, 0.15) is 59.3 Å². The van der Waals surface area contributed by atoms with Gasteiger partial charge >= 0.3 is 0 Å². The van der Waals surface area contributed by atoms with E-state index < -0.39 is 0 Å². The van der Waals surface area contributed by atoms with Crippen LogP contribution in [0.15, 0.2) is 0 Å². The van der Waals surface area contributed by atoms with Crippen LogP contribution in [0.5, 0.6) is 0 Å². The lowest BCUT2D eigenvalue weighted by molar-refractivity contribution is -0.130. The van der Waals surface area contributed by atoms with Crippen LogP contribution in [-0.4, -0.2) is 47.4 Å². The summed E-state index contributed by atoms with van der Waals surface area (Å²) in [5.41, 5.74) is 0.521. The lowest BCUT2D eigenvalue weighted by Crippen LogP contribution is -2.46. The molecular weight excluding hydrogens is 308 g/mol. The number of nitrogens with one attached hydrogen (secondary N) is 1. The van der Waals surface area contributed by atoms with Crippen LogP contribution in [0, 0.1) is 11.3 Å². The Morgan fingerprint density at radius 2 is 1.74 bits per heavy atom. The van der Waals surface area contributed by atoms with Gasteiger partial charge in [0, 0.05) is 26.1 Å². The van der Waals surface area contributed by atoms with Gasteiger partial charge in [0.25, 0.3) is 0 Å². The number of hydrogen-bond donors (Lipinski definition) is 1. The molecule has 4 nitrogen and oxygen atoms in total. The zero-order valence-corrected chi connectivity index (χ0v) is 15.7. The maximum absolute atomic E-state index is 12.1. The van der Waals surface area contributed by atoms with Crippen LogP contribution in [0.4, 0.5) is 0 Å². The summed E-state index contributed by atoms with van der Waals surface area (Å²) >= 11 is 1.79. The SMILES string of the molecule is CC(=O)N1CCC(NC(=O)CSCC2CCC(C)(C)CC2)CC1. The maximum Gasteiger partial charge on any atom is 0.230 e. The first-order valence-corrected chi connectivity index (χ1v) is 10.1. The van der Waals surface area contributed by atoms with Gasteiger partial charge in [-0.15, -0.1) is 0 Å². The molecule has 0 aromatic rings. The van der Waals surface area contributed by atoms with Crippen LogP contribution < -0.4 is 5.32 Å². The topological polar surface area (TPSA) is 49.4 Å². The molecule has 0 atom stereocenters. The van der Waals surface area contributed by atoms with Gasteiger partial charge < -0.3 is 10.2 Å². The van der Waals surface area contributed by atoms with Crippen molar-refractivity contribution in [3.63, 3.8) is 0 Å². The van der Waals surface area contributed by atoms with Crippen molar-refractivity contribution in [1.29, 1.82) is 0 Å². The maximum atomic E-state index is 12.1. The highest BCUT2D eigenvalue weighted by molar-refractivity contribution is 7.99.